The maximum absolute atomic E-state index is 12.5. The molecule has 0 bridgehead atoms. The molecule has 28 heavy (non-hydrogen) atoms. The van der Waals surface area contributed by atoms with Gasteiger partial charge in [-0.1, -0.05) is 36.4 Å². The molecular formula is C22H28N4OS+2. The van der Waals surface area contributed by atoms with Crippen LogP contribution in [0.1, 0.15) is 11.1 Å². The van der Waals surface area contributed by atoms with Gasteiger partial charge in [-0.25, -0.2) is 0 Å². The van der Waals surface area contributed by atoms with Gasteiger partial charge in [0.2, 0.25) is 0 Å². The van der Waals surface area contributed by atoms with Crippen LogP contribution >= 0.6 is 11.8 Å². The average Bonchev–Trinajstić information content (AvgIpc) is 2.70. The number of nitriles is 1. The van der Waals surface area contributed by atoms with Crippen molar-refractivity contribution in [2.24, 2.45) is 0 Å². The number of carbonyl (C=O) groups is 1. The second-order valence-electron chi connectivity index (χ2n) is 7.27. The average molecular weight is 397 g/mol. The normalized spacial score (nSPS) is 19.0. The van der Waals surface area contributed by atoms with Gasteiger partial charge in [-0.15, -0.1) is 11.8 Å². The summed E-state index contributed by atoms with van der Waals surface area (Å²) in [5, 5.41) is 11.8. The standard InChI is InChI=1S/C22H26N4OS/c1-18-6-2-3-7-19(18)16-25-11-13-26(14-12-25)17-22(27)24-20-8-4-5-9-21(20)28-15-10-23/h2-9H,11-17H2,1H3,(H,24,27)/p+2. The molecule has 1 amide bonds. The molecule has 6 heteroatoms. The molecule has 2 aromatic carbocycles. The first-order valence-corrected chi connectivity index (χ1v) is 10.7. The van der Waals surface area contributed by atoms with Gasteiger partial charge in [-0.2, -0.15) is 5.26 Å². The molecule has 0 saturated carbocycles. The van der Waals surface area contributed by atoms with Crippen LogP contribution in [0.25, 0.3) is 0 Å². The molecule has 146 valence electrons. The van der Waals surface area contributed by atoms with E-state index in [2.05, 4.69) is 42.6 Å². The van der Waals surface area contributed by atoms with Crippen molar-refractivity contribution in [2.45, 2.75) is 18.4 Å². The highest BCUT2D eigenvalue weighted by atomic mass is 32.2. The number of para-hydroxylation sites is 1. The predicted octanol–water partition coefficient (Wildman–Crippen LogP) is 0.533. The van der Waals surface area contributed by atoms with Crippen LogP contribution < -0.4 is 15.1 Å². The maximum atomic E-state index is 12.5. The van der Waals surface area contributed by atoms with Gasteiger partial charge in [0.05, 0.1) is 17.5 Å². The van der Waals surface area contributed by atoms with Crippen LogP contribution in [0.3, 0.4) is 0 Å². The summed E-state index contributed by atoms with van der Waals surface area (Å²) in [5.74, 6) is 0.423. The van der Waals surface area contributed by atoms with E-state index in [1.54, 1.807) is 4.90 Å². The number of anilines is 1. The summed E-state index contributed by atoms with van der Waals surface area (Å²) in [7, 11) is 0. The van der Waals surface area contributed by atoms with E-state index < -0.39 is 0 Å². The highest BCUT2D eigenvalue weighted by Gasteiger charge is 2.25. The lowest BCUT2D eigenvalue weighted by atomic mass is 10.1. The molecule has 0 radical (unpaired) electrons. The number of benzene rings is 2. The zero-order valence-electron chi connectivity index (χ0n) is 16.3. The highest BCUT2D eigenvalue weighted by Crippen LogP contribution is 2.26. The first kappa shape index (κ1) is 20.4. The molecule has 1 heterocycles. The van der Waals surface area contributed by atoms with Crippen molar-refractivity contribution < 1.29 is 14.6 Å². The third-order valence-corrected chi connectivity index (χ3v) is 6.17. The summed E-state index contributed by atoms with van der Waals surface area (Å²) in [6, 6.07) is 18.4. The van der Waals surface area contributed by atoms with Crippen molar-refractivity contribution >= 4 is 23.4 Å². The van der Waals surface area contributed by atoms with Crippen molar-refractivity contribution in [3.8, 4) is 6.07 Å². The Bertz CT molecular complexity index is 840. The molecule has 2 aromatic rings. The van der Waals surface area contributed by atoms with Gasteiger partial charge in [-0.3, -0.25) is 4.79 Å². The minimum absolute atomic E-state index is 0.0439. The van der Waals surface area contributed by atoms with E-state index in [1.165, 1.54) is 27.8 Å². The van der Waals surface area contributed by atoms with E-state index in [9.17, 15) is 4.79 Å². The second kappa shape index (κ2) is 10.3. The number of carbonyl (C=O) groups excluding carboxylic acids is 1. The topological polar surface area (TPSA) is 61.8 Å². The first-order valence-electron chi connectivity index (χ1n) is 9.76. The summed E-state index contributed by atoms with van der Waals surface area (Å²) in [6.45, 7) is 7.94. The molecule has 1 aliphatic rings. The number of thioether (sulfide) groups is 1. The zero-order valence-corrected chi connectivity index (χ0v) is 17.1. The van der Waals surface area contributed by atoms with Gasteiger partial charge >= 0.3 is 0 Å². The van der Waals surface area contributed by atoms with E-state index in [4.69, 9.17) is 5.26 Å². The third-order valence-electron chi connectivity index (χ3n) is 5.23. The Morgan fingerprint density at radius 2 is 1.75 bits per heavy atom. The third kappa shape index (κ3) is 5.83. The number of aryl methyl sites for hydroxylation is 1. The van der Waals surface area contributed by atoms with Crippen molar-refractivity contribution in [3.05, 3.63) is 59.7 Å². The summed E-state index contributed by atoms with van der Waals surface area (Å²) in [6.07, 6.45) is 0. The van der Waals surface area contributed by atoms with E-state index in [0.29, 0.717) is 12.3 Å². The second-order valence-corrected chi connectivity index (χ2v) is 8.29. The van der Waals surface area contributed by atoms with Gasteiger partial charge < -0.3 is 15.1 Å². The number of piperazine rings is 1. The minimum atomic E-state index is 0.0439. The van der Waals surface area contributed by atoms with Crippen molar-refractivity contribution in [2.75, 3.05) is 43.8 Å². The summed E-state index contributed by atoms with van der Waals surface area (Å²) in [5.41, 5.74) is 3.58. The summed E-state index contributed by atoms with van der Waals surface area (Å²) in [4.78, 5) is 16.4. The van der Waals surface area contributed by atoms with Gasteiger partial charge in [0.1, 0.15) is 32.7 Å². The van der Waals surface area contributed by atoms with Crippen molar-refractivity contribution in [1.82, 2.24) is 0 Å². The number of hydrogen-bond donors (Lipinski definition) is 3. The van der Waals surface area contributed by atoms with Crippen LogP contribution in [0.5, 0.6) is 0 Å². The first-order chi connectivity index (χ1) is 13.7. The van der Waals surface area contributed by atoms with Crippen LogP contribution in [-0.4, -0.2) is 44.4 Å². The van der Waals surface area contributed by atoms with Crippen LogP contribution in [-0.2, 0) is 11.3 Å². The van der Waals surface area contributed by atoms with Crippen LogP contribution in [0, 0.1) is 18.3 Å². The van der Waals surface area contributed by atoms with E-state index in [0.717, 1.165) is 43.3 Å². The summed E-state index contributed by atoms with van der Waals surface area (Å²) < 4.78 is 0. The molecule has 0 unspecified atom stereocenters. The molecule has 1 saturated heterocycles. The van der Waals surface area contributed by atoms with Crippen molar-refractivity contribution in [1.29, 1.82) is 5.26 Å². The molecule has 0 aliphatic carbocycles. The van der Waals surface area contributed by atoms with E-state index in [1.807, 2.05) is 24.3 Å². The lowest BCUT2D eigenvalue weighted by molar-refractivity contribution is -1.02. The molecule has 0 aromatic heterocycles. The molecule has 0 spiro atoms. The Kier molecular flexibility index (Phi) is 7.49. The Morgan fingerprint density at radius 1 is 1.07 bits per heavy atom. The van der Waals surface area contributed by atoms with Gasteiger partial charge in [0.15, 0.2) is 6.54 Å². The van der Waals surface area contributed by atoms with Gasteiger partial charge in [0.25, 0.3) is 5.91 Å². The number of hydrogen-bond acceptors (Lipinski definition) is 3. The molecule has 1 aliphatic heterocycles. The fourth-order valence-electron chi connectivity index (χ4n) is 3.62. The molecular weight excluding hydrogens is 368 g/mol. The number of nitrogens with zero attached hydrogens (tertiary/aromatic N) is 1. The lowest BCUT2D eigenvalue weighted by Crippen LogP contribution is -3.28. The number of rotatable bonds is 7. The largest absolute Gasteiger partial charge is 0.322 e. The SMILES string of the molecule is Cc1ccccc1C[NH+]1CC[NH+](CC(=O)Nc2ccccc2SCC#N)CC1. The fraction of sp³-hybridized carbons (Fsp3) is 0.364. The van der Waals surface area contributed by atoms with Crippen LogP contribution in [0.15, 0.2) is 53.4 Å². The maximum Gasteiger partial charge on any atom is 0.279 e. The number of quaternary nitrogens is 2. The van der Waals surface area contributed by atoms with E-state index >= 15 is 0 Å². The number of amides is 1. The van der Waals surface area contributed by atoms with Gasteiger partial charge in [0, 0.05) is 10.5 Å². The van der Waals surface area contributed by atoms with Gasteiger partial charge in [-0.05, 0) is 24.6 Å². The Balaban J connectivity index is 1.47. The number of nitrogens with one attached hydrogen (secondary N) is 3. The highest BCUT2D eigenvalue weighted by molar-refractivity contribution is 7.99. The zero-order chi connectivity index (χ0) is 19.8. The Labute approximate surface area is 171 Å². The molecule has 3 rings (SSSR count). The van der Waals surface area contributed by atoms with Crippen LogP contribution in [0.4, 0.5) is 5.69 Å². The minimum Gasteiger partial charge on any atom is -0.322 e. The molecule has 3 N–H and O–H groups in total. The van der Waals surface area contributed by atoms with Crippen LogP contribution in [0.2, 0.25) is 0 Å². The molecule has 0 atom stereocenters. The predicted molar refractivity (Wildman–Crippen MR) is 113 cm³/mol. The quantitative estimate of drug-likeness (QED) is 0.599. The Morgan fingerprint density at radius 3 is 2.50 bits per heavy atom. The molecule has 1 fully saturated rings. The van der Waals surface area contributed by atoms with E-state index in [-0.39, 0.29) is 5.91 Å². The monoisotopic (exact) mass is 396 g/mol. The fourth-order valence-corrected chi connectivity index (χ4v) is 4.29. The Hall–Kier alpha value is -2.33. The smallest absolute Gasteiger partial charge is 0.279 e. The molecule has 5 nitrogen and oxygen atoms in total. The van der Waals surface area contributed by atoms with Crippen molar-refractivity contribution in [3.63, 3.8) is 0 Å². The summed E-state index contributed by atoms with van der Waals surface area (Å²) >= 11 is 1.45. The lowest BCUT2D eigenvalue weighted by Gasteiger charge is -2.29.